The highest BCUT2D eigenvalue weighted by atomic mass is 16.3. The lowest BCUT2D eigenvalue weighted by Crippen LogP contribution is -2.50. The van der Waals surface area contributed by atoms with Gasteiger partial charge in [0, 0.05) is 38.9 Å². The SMILES string of the molecule is O=C(CN1CCN(CCO)CC1)NNc1ccccn1. The van der Waals surface area contributed by atoms with Crippen LogP contribution in [0.4, 0.5) is 5.82 Å². The third-order valence-corrected chi connectivity index (χ3v) is 3.24. The van der Waals surface area contributed by atoms with E-state index in [9.17, 15) is 4.79 Å². The molecule has 1 amide bonds. The molecule has 1 aromatic heterocycles. The number of aromatic nitrogens is 1. The van der Waals surface area contributed by atoms with Gasteiger partial charge >= 0.3 is 0 Å². The van der Waals surface area contributed by atoms with E-state index in [0.717, 1.165) is 26.2 Å². The highest BCUT2D eigenvalue weighted by Crippen LogP contribution is 2.01. The predicted molar refractivity (Wildman–Crippen MR) is 76.0 cm³/mol. The summed E-state index contributed by atoms with van der Waals surface area (Å²) in [6.45, 7) is 4.74. The highest BCUT2D eigenvalue weighted by Gasteiger charge is 2.18. The molecule has 0 aromatic carbocycles. The molecule has 0 saturated carbocycles. The third kappa shape index (κ3) is 4.76. The summed E-state index contributed by atoms with van der Waals surface area (Å²) in [5.41, 5.74) is 5.42. The Bertz CT molecular complexity index is 406. The summed E-state index contributed by atoms with van der Waals surface area (Å²) in [5.74, 6) is 0.542. The molecule has 0 unspecified atom stereocenters. The maximum absolute atomic E-state index is 11.8. The van der Waals surface area contributed by atoms with E-state index in [4.69, 9.17) is 5.11 Å². The first-order valence-electron chi connectivity index (χ1n) is 6.79. The number of pyridine rings is 1. The monoisotopic (exact) mass is 279 g/mol. The molecule has 110 valence electrons. The number of hydrogen-bond donors (Lipinski definition) is 3. The molecule has 1 aliphatic rings. The van der Waals surface area contributed by atoms with Crippen molar-refractivity contribution in [3.05, 3.63) is 24.4 Å². The Morgan fingerprint density at radius 3 is 2.65 bits per heavy atom. The number of hydrogen-bond acceptors (Lipinski definition) is 6. The Morgan fingerprint density at radius 2 is 2.00 bits per heavy atom. The topological polar surface area (TPSA) is 80.7 Å². The van der Waals surface area contributed by atoms with Crippen LogP contribution in [0.1, 0.15) is 0 Å². The number of nitrogens with zero attached hydrogens (tertiary/aromatic N) is 3. The minimum Gasteiger partial charge on any atom is -0.395 e. The van der Waals surface area contributed by atoms with Gasteiger partial charge in [-0.1, -0.05) is 6.07 Å². The second-order valence-corrected chi connectivity index (χ2v) is 4.73. The summed E-state index contributed by atoms with van der Waals surface area (Å²) in [5, 5.41) is 8.87. The van der Waals surface area contributed by atoms with Crippen LogP contribution in [-0.4, -0.2) is 71.7 Å². The van der Waals surface area contributed by atoms with E-state index >= 15 is 0 Å². The first-order valence-corrected chi connectivity index (χ1v) is 6.79. The van der Waals surface area contributed by atoms with Gasteiger partial charge in [-0.2, -0.15) is 0 Å². The number of β-amino-alcohol motifs (C(OH)–C–C–N with tert-alkyl or cyclic N) is 1. The summed E-state index contributed by atoms with van der Waals surface area (Å²) < 4.78 is 0. The fourth-order valence-corrected chi connectivity index (χ4v) is 2.13. The molecular formula is C13H21N5O2. The lowest BCUT2D eigenvalue weighted by molar-refractivity contribution is -0.122. The van der Waals surface area contributed by atoms with E-state index in [1.165, 1.54) is 0 Å². The number of rotatable bonds is 6. The zero-order valence-electron chi connectivity index (χ0n) is 11.5. The average molecular weight is 279 g/mol. The molecule has 1 fully saturated rings. The van der Waals surface area contributed by atoms with Crippen molar-refractivity contribution < 1.29 is 9.90 Å². The summed E-state index contributed by atoms with van der Waals surface area (Å²) in [7, 11) is 0. The molecule has 0 spiro atoms. The van der Waals surface area contributed by atoms with Gasteiger partial charge in [0.25, 0.3) is 5.91 Å². The largest absolute Gasteiger partial charge is 0.395 e. The Hall–Kier alpha value is -1.70. The van der Waals surface area contributed by atoms with Gasteiger partial charge in [0.05, 0.1) is 13.2 Å². The Morgan fingerprint density at radius 1 is 1.25 bits per heavy atom. The van der Waals surface area contributed by atoms with Gasteiger partial charge < -0.3 is 5.11 Å². The number of piperazine rings is 1. The third-order valence-electron chi connectivity index (χ3n) is 3.24. The zero-order chi connectivity index (χ0) is 14.2. The number of hydrazine groups is 1. The van der Waals surface area contributed by atoms with Crippen molar-refractivity contribution in [3.63, 3.8) is 0 Å². The number of carbonyl (C=O) groups is 1. The van der Waals surface area contributed by atoms with Gasteiger partial charge in [-0.3, -0.25) is 25.4 Å². The number of nitrogens with one attached hydrogen (secondary N) is 2. The molecule has 1 saturated heterocycles. The summed E-state index contributed by atoms with van der Waals surface area (Å²) in [4.78, 5) is 20.1. The van der Waals surface area contributed by atoms with Crippen LogP contribution in [0.3, 0.4) is 0 Å². The Balaban J connectivity index is 1.65. The van der Waals surface area contributed by atoms with Crippen LogP contribution < -0.4 is 10.9 Å². The molecule has 0 radical (unpaired) electrons. The molecule has 3 N–H and O–H groups in total. The summed E-state index contributed by atoms with van der Waals surface area (Å²) >= 11 is 0. The number of anilines is 1. The van der Waals surface area contributed by atoms with Crippen molar-refractivity contribution in [1.82, 2.24) is 20.2 Å². The van der Waals surface area contributed by atoms with Crippen LogP contribution in [-0.2, 0) is 4.79 Å². The van der Waals surface area contributed by atoms with Crippen LogP contribution in [0.2, 0.25) is 0 Å². The summed E-state index contributed by atoms with van der Waals surface area (Å²) in [6, 6.07) is 5.45. The van der Waals surface area contributed by atoms with E-state index in [1.807, 2.05) is 12.1 Å². The van der Waals surface area contributed by atoms with E-state index in [-0.39, 0.29) is 12.5 Å². The Kier molecular flexibility index (Phi) is 5.72. The minimum absolute atomic E-state index is 0.0775. The van der Waals surface area contributed by atoms with Crippen molar-refractivity contribution in [2.45, 2.75) is 0 Å². The molecule has 7 nitrogen and oxygen atoms in total. The molecule has 2 heterocycles. The van der Waals surface area contributed by atoms with Gasteiger partial charge in [-0.25, -0.2) is 4.98 Å². The molecule has 2 rings (SSSR count). The predicted octanol–water partition coefficient (Wildman–Crippen LogP) is -0.865. The molecule has 7 heteroatoms. The summed E-state index contributed by atoms with van der Waals surface area (Å²) in [6.07, 6.45) is 1.66. The quantitative estimate of drug-likeness (QED) is 0.588. The highest BCUT2D eigenvalue weighted by molar-refractivity contribution is 5.79. The fourth-order valence-electron chi connectivity index (χ4n) is 2.13. The van der Waals surface area contributed by atoms with Gasteiger partial charge in [-0.15, -0.1) is 0 Å². The van der Waals surface area contributed by atoms with Crippen LogP contribution in [0.25, 0.3) is 0 Å². The van der Waals surface area contributed by atoms with Crippen molar-refractivity contribution >= 4 is 11.7 Å². The van der Waals surface area contributed by atoms with Gasteiger partial charge in [0.1, 0.15) is 5.82 Å². The van der Waals surface area contributed by atoms with E-state index in [1.54, 1.807) is 12.3 Å². The minimum atomic E-state index is -0.0775. The van der Waals surface area contributed by atoms with Gasteiger partial charge in [0.2, 0.25) is 0 Å². The number of carbonyl (C=O) groups excluding carboxylic acids is 1. The maximum Gasteiger partial charge on any atom is 0.252 e. The number of aliphatic hydroxyl groups excluding tert-OH is 1. The van der Waals surface area contributed by atoms with Crippen molar-refractivity contribution in [1.29, 1.82) is 0 Å². The Labute approximate surface area is 118 Å². The first kappa shape index (κ1) is 14.7. The molecule has 1 aliphatic heterocycles. The first-order chi connectivity index (χ1) is 9.78. The van der Waals surface area contributed by atoms with E-state index in [0.29, 0.717) is 18.9 Å². The van der Waals surface area contributed by atoms with Gasteiger partial charge in [0.15, 0.2) is 0 Å². The molecule has 1 aromatic rings. The molecule has 0 atom stereocenters. The van der Waals surface area contributed by atoms with Crippen LogP contribution in [0.5, 0.6) is 0 Å². The van der Waals surface area contributed by atoms with Crippen LogP contribution in [0.15, 0.2) is 24.4 Å². The maximum atomic E-state index is 11.8. The normalized spacial score (nSPS) is 16.9. The van der Waals surface area contributed by atoms with E-state index < -0.39 is 0 Å². The molecule has 0 bridgehead atoms. The second kappa shape index (κ2) is 7.78. The van der Waals surface area contributed by atoms with Crippen LogP contribution >= 0.6 is 0 Å². The smallest absolute Gasteiger partial charge is 0.252 e. The van der Waals surface area contributed by atoms with Crippen molar-refractivity contribution in [2.75, 3.05) is 51.3 Å². The molecule has 0 aliphatic carbocycles. The van der Waals surface area contributed by atoms with Crippen LogP contribution in [0, 0.1) is 0 Å². The standard InChI is InChI=1S/C13H21N5O2/c19-10-9-17-5-7-18(8-6-17)11-13(20)16-15-12-3-1-2-4-14-12/h1-4,19H,5-11H2,(H,14,15)(H,16,20). The number of aliphatic hydroxyl groups is 1. The molecular weight excluding hydrogens is 258 g/mol. The van der Waals surface area contributed by atoms with Gasteiger partial charge in [-0.05, 0) is 12.1 Å². The zero-order valence-corrected chi connectivity index (χ0v) is 11.5. The lowest BCUT2D eigenvalue weighted by Gasteiger charge is -2.33. The van der Waals surface area contributed by atoms with Crippen molar-refractivity contribution in [3.8, 4) is 0 Å². The fraction of sp³-hybridized carbons (Fsp3) is 0.538. The molecule has 20 heavy (non-hydrogen) atoms. The second-order valence-electron chi connectivity index (χ2n) is 4.73. The van der Waals surface area contributed by atoms with E-state index in [2.05, 4.69) is 25.6 Å². The van der Waals surface area contributed by atoms with Crippen molar-refractivity contribution in [2.24, 2.45) is 0 Å². The lowest BCUT2D eigenvalue weighted by atomic mass is 10.3. The average Bonchev–Trinajstić information content (AvgIpc) is 2.49. The number of amides is 1.